The van der Waals surface area contributed by atoms with Crippen LogP contribution in [-0.4, -0.2) is 19.8 Å². The van der Waals surface area contributed by atoms with Gasteiger partial charge in [-0.25, -0.2) is 0 Å². The van der Waals surface area contributed by atoms with Crippen LogP contribution in [0.15, 0.2) is 30.3 Å². The molecule has 0 saturated heterocycles. The van der Waals surface area contributed by atoms with Gasteiger partial charge in [0.05, 0.1) is 0 Å². The van der Waals surface area contributed by atoms with Gasteiger partial charge in [-0.2, -0.15) is 0 Å². The number of benzene rings is 1. The lowest BCUT2D eigenvalue weighted by atomic mass is 10.1. The maximum absolute atomic E-state index is 5.61. The summed E-state index contributed by atoms with van der Waals surface area (Å²) in [6.45, 7) is 5.11. The molecular weight excluding hydrogens is 210 g/mol. The highest BCUT2D eigenvalue weighted by molar-refractivity contribution is 5.17. The first-order valence-electron chi connectivity index (χ1n) is 6.72. The van der Waals surface area contributed by atoms with Gasteiger partial charge in [-0.3, -0.25) is 0 Å². The molecule has 2 rings (SSSR count). The largest absolute Gasteiger partial charge is 0.381 e. The van der Waals surface area contributed by atoms with Gasteiger partial charge in [0.1, 0.15) is 0 Å². The van der Waals surface area contributed by atoms with Crippen LogP contribution >= 0.6 is 0 Å². The lowest BCUT2D eigenvalue weighted by molar-refractivity contribution is 0.121. The zero-order chi connectivity index (χ0) is 11.9. The quantitative estimate of drug-likeness (QED) is 0.696. The van der Waals surface area contributed by atoms with Crippen molar-refractivity contribution < 1.29 is 4.74 Å². The van der Waals surface area contributed by atoms with Crippen LogP contribution in [0.1, 0.15) is 37.8 Å². The van der Waals surface area contributed by atoms with Crippen molar-refractivity contribution in [3.63, 3.8) is 0 Å². The standard InChI is InChI=1S/C15H23NO/c1-13(15-6-3-2-4-7-15)16-10-5-11-17-12-14-8-9-14/h2-4,6-7,13-14,16H,5,8-12H2,1H3. The molecule has 1 aromatic rings. The normalized spacial score (nSPS) is 17.0. The van der Waals surface area contributed by atoms with Crippen molar-refractivity contribution in [1.29, 1.82) is 0 Å². The second kappa shape index (κ2) is 6.77. The predicted octanol–water partition coefficient (Wildman–Crippen LogP) is 3.15. The third kappa shape index (κ3) is 4.88. The molecular formula is C15H23NO. The highest BCUT2D eigenvalue weighted by Gasteiger charge is 2.20. The zero-order valence-corrected chi connectivity index (χ0v) is 10.7. The first-order chi connectivity index (χ1) is 8.36. The lowest BCUT2D eigenvalue weighted by Crippen LogP contribution is -2.21. The van der Waals surface area contributed by atoms with E-state index in [1.807, 2.05) is 0 Å². The fourth-order valence-electron chi connectivity index (χ4n) is 1.89. The Morgan fingerprint density at radius 1 is 1.29 bits per heavy atom. The summed E-state index contributed by atoms with van der Waals surface area (Å²) in [7, 11) is 0. The van der Waals surface area contributed by atoms with Crippen molar-refractivity contribution >= 4 is 0 Å². The number of rotatable bonds is 8. The Balaban J connectivity index is 1.52. The molecule has 1 saturated carbocycles. The Bertz CT molecular complexity index is 308. The molecule has 1 unspecified atom stereocenters. The summed E-state index contributed by atoms with van der Waals surface area (Å²) in [4.78, 5) is 0. The molecule has 94 valence electrons. The van der Waals surface area contributed by atoms with E-state index in [9.17, 15) is 0 Å². The van der Waals surface area contributed by atoms with Crippen LogP contribution in [-0.2, 0) is 4.74 Å². The second-order valence-corrected chi connectivity index (χ2v) is 4.96. The molecule has 1 aliphatic rings. The van der Waals surface area contributed by atoms with Crippen LogP contribution in [0, 0.1) is 5.92 Å². The van der Waals surface area contributed by atoms with E-state index >= 15 is 0 Å². The Morgan fingerprint density at radius 3 is 2.76 bits per heavy atom. The Labute approximate surface area is 104 Å². The molecule has 0 amide bonds. The maximum atomic E-state index is 5.61. The van der Waals surface area contributed by atoms with Crippen molar-refractivity contribution in [3.05, 3.63) is 35.9 Å². The topological polar surface area (TPSA) is 21.3 Å². The number of hydrogen-bond donors (Lipinski definition) is 1. The molecule has 1 atom stereocenters. The van der Waals surface area contributed by atoms with E-state index in [0.29, 0.717) is 6.04 Å². The van der Waals surface area contributed by atoms with Crippen molar-refractivity contribution in [2.24, 2.45) is 5.92 Å². The fraction of sp³-hybridized carbons (Fsp3) is 0.600. The Morgan fingerprint density at radius 2 is 2.06 bits per heavy atom. The SMILES string of the molecule is CC(NCCCOCC1CC1)c1ccccc1. The van der Waals surface area contributed by atoms with Gasteiger partial charge < -0.3 is 10.1 Å². The minimum atomic E-state index is 0.430. The van der Waals surface area contributed by atoms with Gasteiger partial charge in [0.15, 0.2) is 0 Å². The van der Waals surface area contributed by atoms with Crippen LogP contribution < -0.4 is 5.32 Å². The smallest absolute Gasteiger partial charge is 0.0494 e. The summed E-state index contributed by atoms with van der Waals surface area (Å²) in [6, 6.07) is 11.0. The first-order valence-corrected chi connectivity index (χ1v) is 6.72. The van der Waals surface area contributed by atoms with E-state index in [4.69, 9.17) is 4.74 Å². The Hall–Kier alpha value is -0.860. The lowest BCUT2D eigenvalue weighted by Gasteiger charge is -2.14. The summed E-state index contributed by atoms with van der Waals surface area (Å²) in [6.07, 6.45) is 3.86. The van der Waals surface area contributed by atoms with Crippen molar-refractivity contribution in [1.82, 2.24) is 5.32 Å². The molecule has 1 N–H and O–H groups in total. The molecule has 2 nitrogen and oxygen atoms in total. The highest BCUT2D eigenvalue weighted by Crippen LogP contribution is 2.28. The summed E-state index contributed by atoms with van der Waals surface area (Å²) in [5, 5.41) is 3.52. The number of nitrogens with one attached hydrogen (secondary N) is 1. The van der Waals surface area contributed by atoms with Crippen LogP contribution in [0.4, 0.5) is 0 Å². The van der Waals surface area contributed by atoms with Crippen molar-refractivity contribution in [2.45, 2.75) is 32.2 Å². The summed E-state index contributed by atoms with van der Waals surface area (Å²) in [5.74, 6) is 0.881. The van der Waals surface area contributed by atoms with Gasteiger partial charge in [-0.15, -0.1) is 0 Å². The predicted molar refractivity (Wildman–Crippen MR) is 71.0 cm³/mol. The van der Waals surface area contributed by atoms with Gasteiger partial charge in [0.25, 0.3) is 0 Å². The van der Waals surface area contributed by atoms with Crippen LogP contribution in [0.25, 0.3) is 0 Å². The van der Waals surface area contributed by atoms with Gasteiger partial charge in [0, 0.05) is 19.3 Å². The molecule has 1 aromatic carbocycles. The summed E-state index contributed by atoms with van der Waals surface area (Å²) >= 11 is 0. The van der Waals surface area contributed by atoms with E-state index in [1.54, 1.807) is 0 Å². The average Bonchev–Trinajstić information content (AvgIpc) is 3.18. The van der Waals surface area contributed by atoms with E-state index in [1.165, 1.54) is 18.4 Å². The van der Waals surface area contributed by atoms with E-state index in [-0.39, 0.29) is 0 Å². The average molecular weight is 233 g/mol. The Kier molecular flexibility index (Phi) is 5.02. The molecule has 0 aliphatic heterocycles. The zero-order valence-electron chi connectivity index (χ0n) is 10.7. The molecule has 17 heavy (non-hydrogen) atoms. The fourth-order valence-corrected chi connectivity index (χ4v) is 1.89. The minimum Gasteiger partial charge on any atom is -0.381 e. The summed E-state index contributed by atoms with van der Waals surface area (Å²) < 4.78 is 5.61. The van der Waals surface area contributed by atoms with Gasteiger partial charge >= 0.3 is 0 Å². The molecule has 1 aliphatic carbocycles. The van der Waals surface area contributed by atoms with E-state index in [0.717, 1.165) is 32.1 Å². The van der Waals surface area contributed by atoms with Crippen molar-refractivity contribution in [3.8, 4) is 0 Å². The van der Waals surface area contributed by atoms with Crippen LogP contribution in [0.2, 0.25) is 0 Å². The molecule has 0 spiro atoms. The highest BCUT2D eigenvalue weighted by atomic mass is 16.5. The number of ether oxygens (including phenoxy) is 1. The molecule has 1 fully saturated rings. The molecule has 0 heterocycles. The minimum absolute atomic E-state index is 0.430. The third-order valence-corrected chi connectivity index (χ3v) is 3.27. The van der Waals surface area contributed by atoms with E-state index in [2.05, 4.69) is 42.6 Å². The van der Waals surface area contributed by atoms with Gasteiger partial charge in [-0.1, -0.05) is 30.3 Å². The van der Waals surface area contributed by atoms with Crippen molar-refractivity contribution in [2.75, 3.05) is 19.8 Å². The first kappa shape index (κ1) is 12.6. The number of hydrogen-bond acceptors (Lipinski definition) is 2. The molecule has 0 radical (unpaired) electrons. The second-order valence-electron chi connectivity index (χ2n) is 4.96. The van der Waals surface area contributed by atoms with Crippen LogP contribution in [0.5, 0.6) is 0 Å². The van der Waals surface area contributed by atoms with Gasteiger partial charge in [-0.05, 0) is 44.2 Å². The summed E-state index contributed by atoms with van der Waals surface area (Å²) in [5.41, 5.74) is 1.35. The van der Waals surface area contributed by atoms with E-state index < -0.39 is 0 Å². The van der Waals surface area contributed by atoms with Gasteiger partial charge in [0.2, 0.25) is 0 Å². The molecule has 0 aromatic heterocycles. The molecule has 0 bridgehead atoms. The monoisotopic (exact) mass is 233 g/mol. The molecule has 2 heteroatoms. The maximum Gasteiger partial charge on any atom is 0.0494 e. The third-order valence-electron chi connectivity index (χ3n) is 3.27. The van der Waals surface area contributed by atoms with Crippen LogP contribution in [0.3, 0.4) is 0 Å².